The number of aromatic nitrogens is 1. The van der Waals surface area contributed by atoms with Crippen molar-refractivity contribution in [1.29, 1.82) is 0 Å². The van der Waals surface area contributed by atoms with Crippen LogP contribution in [0, 0.1) is 6.92 Å². The number of amides is 1. The Hall–Kier alpha value is -2.93. The number of rotatable bonds is 5. The standard InChI is InChI=1S/C19H20N2O5/c1-12-10-14(2-3-17(12)26-15-5-8-25-9-6-15)21-18(22)16-11-13(19(23)24)4-7-20-16/h2-4,7,10-11,15H,5-6,8-9H2,1H3,(H,21,22)(H,23,24). The van der Waals surface area contributed by atoms with Crippen molar-refractivity contribution >= 4 is 17.6 Å². The number of anilines is 1. The first-order chi connectivity index (χ1) is 12.5. The number of pyridine rings is 1. The zero-order chi connectivity index (χ0) is 18.5. The highest BCUT2D eigenvalue weighted by molar-refractivity contribution is 6.04. The van der Waals surface area contributed by atoms with Gasteiger partial charge in [0.25, 0.3) is 5.91 Å². The highest BCUT2D eigenvalue weighted by Gasteiger charge is 2.17. The second kappa shape index (κ2) is 7.97. The molecule has 0 unspecified atom stereocenters. The Morgan fingerprint density at radius 2 is 2.00 bits per heavy atom. The molecule has 2 N–H and O–H groups in total. The zero-order valence-corrected chi connectivity index (χ0v) is 14.4. The van der Waals surface area contributed by atoms with Crippen molar-refractivity contribution in [2.45, 2.75) is 25.9 Å². The molecule has 1 aliphatic rings. The van der Waals surface area contributed by atoms with Crippen LogP contribution in [0.25, 0.3) is 0 Å². The summed E-state index contributed by atoms with van der Waals surface area (Å²) in [5.41, 5.74) is 1.56. The number of aromatic carboxylic acids is 1. The summed E-state index contributed by atoms with van der Waals surface area (Å²) in [5.74, 6) is -0.793. The number of aryl methyl sites for hydroxylation is 1. The van der Waals surface area contributed by atoms with E-state index < -0.39 is 11.9 Å². The monoisotopic (exact) mass is 356 g/mol. The zero-order valence-electron chi connectivity index (χ0n) is 14.4. The average Bonchev–Trinajstić information content (AvgIpc) is 2.65. The van der Waals surface area contributed by atoms with Gasteiger partial charge in [0.1, 0.15) is 17.5 Å². The molecule has 0 radical (unpaired) electrons. The summed E-state index contributed by atoms with van der Waals surface area (Å²) >= 11 is 0. The summed E-state index contributed by atoms with van der Waals surface area (Å²) in [4.78, 5) is 27.2. The molecule has 7 nitrogen and oxygen atoms in total. The van der Waals surface area contributed by atoms with Gasteiger partial charge in [-0.2, -0.15) is 0 Å². The van der Waals surface area contributed by atoms with Crippen molar-refractivity contribution in [2.75, 3.05) is 18.5 Å². The maximum atomic E-state index is 12.3. The van der Waals surface area contributed by atoms with Crippen LogP contribution in [-0.2, 0) is 4.74 Å². The molecule has 1 fully saturated rings. The minimum Gasteiger partial charge on any atom is -0.490 e. The van der Waals surface area contributed by atoms with Crippen LogP contribution < -0.4 is 10.1 Å². The Bertz CT molecular complexity index is 815. The van der Waals surface area contributed by atoms with Crippen LogP contribution in [-0.4, -0.2) is 41.3 Å². The molecule has 0 bridgehead atoms. The fourth-order valence-corrected chi connectivity index (χ4v) is 2.72. The highest BCUT2D eigenvalue weighted by atomic mass is 16.5. The number of nitrogens with zero attached hydrogens (tertiary/aromatic N) is 1. The third-order valence-corrected chi connectivity index (χ3v) is 4.13. The normalized spacial score (nSPS) is 14.7. The second-order valence-electron chi connectivity index (χ2n) is 6.10. The first-order valence-electron chi connectivity index (χ1n) is 8.38. The van der Waals surface area contributed by atoms with E-state index in [1.54, 1.807) is 6.07 Å². The number of carbonyl (C=O) groups excluding carboxylic acids is 1. The number of nitrogens with one attached hydrogen (secondary N) is 1. The van der Waals surface area contributed by atoms with Gasteiger partial charge in [-0.15, -0.1) is 0 Å². The van der Waals surface area contributed by atoms with E-state index in [0.717, 1.165) is 24.2 Å². The Morgan fingerprint density at radius 1 is 1.23 bits per heavy atom. The summed E-state index contributed by atoms with van der Waals surface area (Å²) in [6, 6.07) is 7.97. The quantitative estimate of drug-likeness (QED) is 0.855. The number of carboxylic acids is 1. The lowest BCUT2D eigenvalue weighted by Crippen LogP contribution is -2.26. The van der Waals surface area contributed by atoms with Crippen LogP contribution in [0.5, 0.6) is 5.75 Å². The Balaban J connectivity index is 1.68. The molecule has 26 heavy (non-hydrogen) atoms. The molecular weight excluding hydrogens is 336 g/mol. The fourth-order valence-electron chi connectivity index (χ4n) is 2.72. The maximum absolute atomic E-state index is 12.3. The van der Waals surface area contributed by atoms with Crippen LogP contribution in [0.4, 0.5) is 5.69 Å². The van der Waals surface area contributed by atoms with Gasteiger partial charge in [-0.05, 0) is 42.8 Å². The molecule has 1 aromatic heterocycles. The number of ether oxygens (including phenoxy) is 2. The van der Waals surface area contributed by atoms with Crippen molar-refractivity contribution in [3.63, 3.8) is 0 Å². The van der Waals surface area contributed by atoms with Crippen molar-refractivity contribution in [1.82, 2.24) is 4.98 Å². The summed E-state index contributed by atoms with van der Waals surface area (Å²) in [6.07, 6.45) is 3.17. The van der Waals surface area contributed by atoms with Gasteiger partial charge in [0.15, 0.2) is 0 Å². The molecule has 1 saturated heterocycles. The van der Waals surface area contributed by atoms with Gasteiger partial charge < -0.3 is 19.9 Å². The van der Waals surface area contributed by atoms with Crippen LogP contribution in [0.1, 0.15) is 39.3 Å². The molecule has 1 amide bonds. The summed E-state index contributed by atoms with van der Waals surface area (Å²) in [5, 5.41) is 11.7. The Labute approximate surface area is 151 Å². The summed E-state index contributed by atoms with van der Waals surface area (Å²) in [7, 11) is 0. The minimum atomic E-state index is -1.10. The molecule has 2 aromatic rings. The number of carbonyl (C=O) groups is 2. The SMILES string of the molecule is Cc1cc(NC(=O)c2cc(C(=O)O)ccn2)ccc1OC1CCOCC1. The van der Waals surface area contributed by atoms with Crippen molar-refractivity contribution in [3.05, 3.63) is 53.3 Å². The first-order valence-corrected chi connectivity index (χ1v) is 8.38. The lowest BCUT2D eigenvalue weighted by atomic mass is 10.1. The molecule has 0 saturated carbocycles. The average molecular weight is 356 g/mol. The van der Waals surface area contributed by atoms with E-state index in [-0.39, 0.29) is 17.4 Å². The van der Waals surface area contributed by atoms with Gasteiger partial charge in [-0.3, -0.25) is 9.78 Å². The van der Waals surface area contributed by atoms with Crippen molar-refractivity contribution < 1.29 is 24.2 Å². The van der Waals surface area contributed by atoms with Crippen LogP contribution in [0.3, 0.4) is 0 Å². The van der Waals surface area contributed by atoms with Gasteiger partial charge in [0.05, 0.1) is 18.8 Å². The molecule has 0 atom stereocenters. The van der Waals surface area contributed by atoms with Crippen LogP contribution in [0.2, 0.25) is 0 Å². The third-order valence-electron chi connectivity index (χ3n) is 4.13. The van der Waals surface area contributed by atoms with E-state index in [1.807, 2.05) is 19.1 Å². The fraction of sp³-hybridized carbons (Fsp3) is 0.316. The molecule has 136 valence electrons. The van der Waals surface area contributed by atoms with E-state index in [0.29, 0.717) is 18.9 Å². The minimum absolute atomic E-state index is 0.0153. The molecule has 1 aliphatic heterocycles. The van der Waals surface area contributed by atoms with Gasteiger partial charge in [0, 0.05) is 24.7 Å². The number of benzene rings is 1. The third kappa shape index (κ3) is 4.37. The number of hydrogen-bond acceptors (Lipinski definition) is 5. The molecular formula is C19H20N2O5. The predicted molar refractivity (Wildman–Crippen MR) is 94.8 cm³/mol. The molecule has 3 rings (SSSR count). The van der Waals surface area contributed by atoms with Gasteiger partial charge in [-0.1, -0.05) is 0 Å². The molecule has 0 spiro atoms. The lowest BCUT2D eigenvalue weighted by molar-refractivity contribution is 0.0253. The van der Waals surface area contributed by atoms with Gasteiger partial charge in [0.2, 0.25) is 0 Å². The molecule has 1 aromatic carbocycles. The molecule has 2 heterocycles. The molecule has 7 heteroatoms. The van der Waals surface area contributed by atoms with E-state index in [1.165, 1.54) is 18.3 Å². The number of carboxylic acid groups (broad SMARTS) is 1. The maximum Gasteiger partial charge on any atom is 0.335 e. The predicted octanol–water partition coefficient (Wildman–Crippen LogP) is 2.90. The summed E-state index contributed by atoms with van der Waals surface area (Å²) < 4.78 is 11.3. The Kier molecular flexibility index (Phi) is 5.48. The highest BCUT2D eigenvalue weighted by Crippen LogP contribution is 2.25. The van der Waals surface area contributed by atoms with Gasteiger partial charge in [-0.25, -0.2) is 4.79 Å². The topological polar surface area (TPSA) is 97.8 Å². The van der Waals surface area contributed by atoms with E-state index in [2.05, 4.69) is 10.3 Å². The van der Waals surface area contributed by atoms with Crippen molar-refractivity contribution in [3.8, 4) is 5.75 Å². The van der Waals surface area contributed by atoms with E-state index >= 15 is 0 Å². The van der Waals surface area contributed by atoms with Crippen molar-refractivity contribution in [2.24, 2.45) is 0 Å². The second-order valence-corrected chi connectivity index (χ2v) is 6.10. The lowest BCUT2D eigenvalue weighted by Gasteiger charge is -2.24. The van der Waals surface area contributed by atoms with E-state index in [9.17, 15) is 9.59 Å². The smallest absolute Gasteiger partial charge is 0.335 e. The first kappa shape index (κ1) is 17.9. The number of hydrogen-bond donors (Lipinski definition) is 2. The van der Waals surface area contributed by atoms with E-state index in [4.69, 9.17) is 14.6 Å². The van der Waals surface area contributed by atoms with Gasteiger partial charge >= 0.3 is 5.97 Å². The molecule has 0 aliphatic carbocycles. The summed E-state index contributed by atoms with van der Waals surface area (Å²) in [6.45, 7) is 3.33. The van der Waals surface area contributed by atoms with Crippen LogP contribution in [0.15, 0.2) is 36.5 Å². The van der Waals surface area contributed by atoms with Crippen LogP contribution >= 0.6 is 0 Å². The Morgan fingerprint density at radius 3 is 2.69 bits per heavy atom. The largest absolute Gasteiger partial charge is 0.490 e.